The van der Waals surface area contributed by atoms with E-state index in [4.69, 9.17) is 0 Å². The highest BCUT2D eigenvalue weighted by Gasteiger charge is 2.54. The topological polar surface area (TPSA) is 112 Å². The van der Waals surface area contributed by atoms with Crippen LogP contribution < -0.4 is 5.32 Å². The van der Waals surface area contributed by atoms with Crippen molar-refractivity contribution in [1.82, 2.24) is 20.4 Å². The van der Waals surface area contributed by atoms with Gasteiger partial charge in [0.05, 0.1) is 6.42 Å². The fourth-order valence-electron chi connectivity index (χ4n) is 2.89. The monoisotopic (exact) mass is 454 g/mol. The minimum atomic E-state index is -1.16. The molecule has 1 fully saturated rings. The Kier molecular flexibility index (Phi) is 5.45. The van der Waals surface area contributed by atoms with E-state index in [2.05, 4.69) is 15.5 Å². The molecule has 0 aliphatic carbocycles. The Morgan fingerprint density at radius 1 is 1.43 bits per heavy atom. The molecule has 1 unspecified atom stereocenters. The van der Waals surface area contributed by atoms with Crippen LogP contribution in [0.4, 0.5) is 0 Å². The lowest BCUT2D eigenvalue weighted by atomic mass is 10.0. The fraction of sp³-hybridized carbons (Fsp3) is 0.312. The summed E-state index contributed by atoms with van der Waals surface area (Å²) in [7, 11) is 0. The first-order valence-corrected chi connectivity index (χ1v) is 11.7. The van der Waals surface area contributed by atoms with E-state index in [9.17, 15) is 19.5 Å². The van der Waals surface area contributed by atoms with Gasteiger partial charge in [-0.05, 0) is 18.4 Å². The van der Waals surface area contributed by atoms with Crippen LogP contribution in [-0.2, 0) is 20.8 Å². The average Bonchev–Trinajstić information content (AvgIpc) is 3.30. The number of hydrogen-bond donors (Lipinski definition) is 2. The number of aliphatic carboxylic acids is 1. The van der Waals surface area contributed by atoms with Crippen molar-refractivity contribution in [2.45, 2.75) is 29.1 Å². The van der Waals surface area contributed by atoms with E-state index in [1.54, 1.807) is 0 Å². The number of carboxylic acids is 1. The molecule has 0 saturated carbocycles. The largest absolute Gasteiger partial charge is 0.477 e. The Balaban J connectivity index is 1.49. The number of fused-ring (bicyclic) bond motifs is 1. The highest BCUT2D eigenvalue weighted by Crippen LogP contribution is 2.45. The number of amides is 2. The Bertz CT molecular complexity index is 971. The summed E-state index contributed by atoms with van der Waals surface area (Å²) in [6, 6.07) is 3.02. The molecule has 146 valence electrons. The van der Waals surface area contributed by atoms with Crippen LogP contribution in [-0.4, -0.2) is 55.2 Å². The van der Waals surface area contributed by atoms with Gasteiger partial charge in [-0.1, -0.05) is 29.2 Å². The average molecular weight is 455 g/mol. The normalized spacial score (nSPS) is 21.3. The molecule has 2 amide bonds. The Morgan fingerprint density at radius 2 is 2.25 bits per heavy atom. The number of nitrogens with one attached hydrogen (secondary N) is 1. The summed E-state index contributed by atoms with van der Waals surface area (Å²) in [4.78, 5) is 39.4. The molecule has 1 saturated heterocycles. The van der Waals surface area contributed by atoms with Crippen molar-refractivity contribution in [2.75, 3.05) is 5.75 Å². The molecule has 2 aromatic rings. The minimum Gasteiger partial charge on any atom is -0.477 e. The van der Waals surface area contributed by atoms with Gasteiger partial charge in [-0.3, -0.25) is 14.5 Å². The number of nitrogens with zero attached hydrogens (tertiary/aromatic N) is 3. The lowest BCUT2D eigenvalue weighted by molar-refractivity contribution is -0.150. The van der Waals surface area contributed by atoms with Gasteiger partial charge in [0.2, 0.25) is 5.91 Å². The van der Waals surface area contributed by atoms with Crippen molar-refractivity contribution in [2.24, 2.45) is 0 Å². The third-order valence-corrected chi connectivity index (χ3v) is 8.40. The number of β-lactam (4-membered cyclic amide) rings is 1. The highest BCUT2D eigenvalue weighted by atomic mass is 32.2. The maximum atomic E-state index is 12.6. The standard InChI is InChI=1S/C16H14N4O4S4/c1-7-18-19-16(27-7)28-9-6-26-14-11(13(22)20(14)12(9)15(23)24)17-10(21)5-8-3-2-4-25-8/h2-4,11,14H,5-6H2,1H3,(H,17,21)(H,23,24)/t11?,14-/m0/s1. The summed E-state index contributed by atoms with van der Waals surface area (Å²) in [6.45, 7) is 1.82. The van der Waals surface area contributed by atoms with E-state index in [1.165, 1.54) is 51.1 Å². The fourth-order valence-corrected chi connectivity index (χ4v) is 7.05. The van der Waals surface area contributed by atoms with E-state index in [0.29, 0.717) is 15.0 Å². The molecular formula is C16H14N4O4S4. The summed E-state index contributed by atoms with van der Waals surface area (Å²) in [5, 5.41) is 22.6. The number of thioether (sulfide) groups is 2. The number of aromatic nitrogens is 2. The Labute approximate surface area is 176 Å². The number of aryl methyl sites for hydroxylation is 1. The van der Waals surface area contributed by atoms with Crippen LogP contribution in [0.2, 0.25) is 0 Å². The molecule has 0 bridgehead atoms. The number of thiophene rings is 1. The quantitative estimate of drug-likeness (QED) is 0.637. The molecule has 2 atom stereocenters. The molecule has 2 N–H and O–H groups in total. The van der Waals surface area contributed by atoms with Crippen LogP contribution in [0.15, 0.2) is 32.5 Å². The molecule has 4 heterocycles. The number of carbonyl (C=O) groups is 3. The molecular weight excluding hydrogens is 440 g/mol. The first-order chi connectivity index (χ1) is 13.4. The van der Waals surface area contributed by atoms with Gasteiger partial charge in [-0.15, -0.1) is 33.3 Å². The van der Waals surface area contributed by atoms with Gasteiger partial charge in [-0.25, -0.2) is 4.79 Å². The van der Waals surface area contributed by atoms with Crippen molar-refractivity contribution in [3.63, 3.8) is 0 Å². The van der Waals surface area contributed by atoms with Gasteiger partial charge < -0.3 is 10.4 Å². The van der Waals surface area contributed by atoms with Crippen molar-refractivity contribution >= 4 is 64.0 Å². The van der Waals surface area contributed by atoms with Gasteiger partial charge in [0.25, 0.3) is 5.91 Å². The molecule has 12 heteroatoms. The Morgan fingerprint density at radius 3 is 2.89 bits per heavy atom. The summed E-state index contributed by atoms with van der Waals surface area (Å²) in [5.41, 5.74) is -0.0321. The van der Waals surface area contributed by atoms with Crippen LogP contribution in [0, 0.1) is 6.92 Å². The van der Waals surface area contributed by atoms with Gasteiger partial charge >= 0.3 is 5.97 Å². The highest BCUT2D eigenvalue weighted by molar-refractivity contribution is 8.07. The molecule has 2 aliphatic rings. The zero-order valence-corrected chi connectivity index (χ0v) is 17.7. The van der Waals surface area contributed by atoms with Gasteiger partial charge in [0.15, 0.2) is 4.34 Å². The van der Waals surface area contributed by atoms with Crippen LogP contribution in [0.25, 0.3) is 0 Å². The molecule has 8 nitrogen and oxygen atoms in total. The molecule has 0 aromatic carbocycles. The first kappa shape index (κ1) is 19.4. The van der Waals surface area contributed by atoms with Crippen molar-refractivity contribution < 1.29 is 19.5 Å². The molecule has 2 aliphatic heterocycles. The molecule has 28 heavy (non-hydrogen) atoms. The van der Waals surface area contributed by atoms with Crippen LogP contribution in [0.3, 0.4) is 0 Å². The zero-order valence-electron chi connectivity index (χ0n) is 14.4. The van der Waals surface area contributed by atoms with E-state index in [-0.39, 0.29) is 18.0 Å². The number of rotatable bonds is 6. The third-order valence-electron chi connectivity index (χ3n) is 4.09. The SMILES string of the molecule is Cc1nnc(SC2=C(C(=O)O)N3C(=O)C(NC(=O)Cc4cccs4)[C@@H]3SC2)s1. The molecule has 2 aromatic heterocycles. The number of hydrogen-bond acceptors (Lipinski definition) is 9. The second-order valence-electron chi connectivity index (χ2n) is 5.98. The summed E-state index contributed by atoms with van der Waals surface area (Å²) in [5.74, 6) is -1.38. The van der Waals surface area contributed by atoms with Gasteiger partial charge in [0, 0.05) is 15.5 Å². The third kappa shape index (κ3) is 3.69. The van der Waals surface area contributed by atoms with Crippen molar-refractivity contribution in [3.05, 3.63) is 38.0 Å². The van der Waals surface area contributed by atoms with Crippen LogP contribution >= 0.6 is 46.2 Å². The predicted molar refractivity (Wildman–Crippen MR) is 108 cm³/mol. The zero-order chi connectivity index (χ0) is 19.8. The lowest BCUT2D eigenvalue weighted by Gasteiger charge is -2.49. The Hall–Kier alpha value is -1.89. The first-order valence-electron chi connectivity index (χ1n) is 8.15. The maximum Gasteiger partial charge on any atom is 0.353 e. The summed E-state index contributed by atoms with van der Waals surface area (Å²) >= 11 is 5.51. The van der Waals surface area contributed by atoms with E-state index in [1.807, 2.05) is 24.4 Å². The summed E-state index contributed by atoms with van der Waals surface area (Å²) < 4.78 is 0.638. The molecule has 4 rings (SSSR count). The van der Waals surface area contributed by atoms with E-state index < -0.39 is 23.3 Å². The number of carboxylic acid groups (broad SMARTS) is 1. The maximum absolute atomic E-state index is 12.6. The second kappa shape index (κ2) is 7.85. The number of carbonyl (C=O) groups excluding carboxylic acids is 2. The predicted octanol–water partition coefficient (Wildman–Crippen LogP) is 1.94. The van der Waals surface area contributed by atoms with Crippen LogP contribution in [0.5, 0.6) is 0 Å². The van der Waals surface area contributed by atoms with Crippen molar-refractivity contribution in [3.8, 4) is 0 Å². The van der Waals surface area contributed by atoms with E-state index >= 15 is 0 Å². The molecule has 0 radical (unpaired) electrons. The lowest BCUT2D eigenvalue weighted by Crippen LogP contribution is -2.70. The summed E-state index contributed by atoms with van der Waals surface area (Å²) in [6.07, 6.45) is 0.206. The van der Waals surface area contributed by atoms with E-state index in [0.717, 1.165) is 9.88 Å². The van der Waals surface area contributed by atoms with Gasteiger partial charge in [-0.2, -0.15) is 0 Å². The minimum absolute atomic E-state index is 0.0321. The van der Waals surface area contributed by atoms with Gasteiger partial charge in [0.1, 0.15) is 22.1 Å². The van der Waals surface area contributed by atoms with Crippen molar-refractivity contribution in [1.29, 1.82) is 0 Å². The smallest absolute Gasteiger partial charge is 0.353 e. The van der Waals surface area contributed by atoms with Crippen LogP contribution in [0.1, 0.15) is 9.88 Å². The second-order valence-corrected chi connectivity index (χ2v) is 10.6. The molecule has 0 spiro atoms.